The summed E-state index contributed by atoms with van der Waals surface area (Å²) in [4.78, 5) is 24.9. The zero-order chi connectivity index (χ0) is 21.0. The SMILES string of the molecule is COC(=O)C1=C(C(C)C)NC(=O)NC1c1ccccc1OCc1ccc(Br)cc1. The molecule has 0 aromatic heterocycles. The zero-order valence-electron chi connectivity index (χ0n) is 16.5. The minimum Gasteiger partial charge on any atom is -0.489 e. The van der Waals surface area contributed by atoms with E-state index in [0.717, 1.165) is 10.0 Å². The Bertz CT molecular complexity index is 938. The van der Waals surface area contributed by atoms with Crippen molar-refractivity contribution in [3.63, 3.8) is 0 Å². The van der Waals surface area contributed by atoms with Gasteiger partial charge < -0.3 is 20.1 Å². The molecule has 29 heavy (non-hydrogen) atoms. The van der Waals surface area contributed by atoms with Crippen LogP contribution < -0.4 is 15.4 Å². The monoisotopic (exact) mass is 458 g/mol. The fourth-order valence-electron chi connectivity index (χ4n) is 3.20. The van der Waals surface area contributed by atoms with Crippen molar-refractivity contribution in [3.8, 4) is 5.75 Å². The molecule has 0 spiro atoms. The maximum atomic E-state index is 12.6. The smallest absolute Gasteiger partial charge is 0.337 e. The molecule has 0 radical (unpaired) electrons. The Morgan fingerprint density at radius 1 is 1.14 bits per heavy atom. The molecule has 152 valence electrons. The minimum atomic E-state index is -0.672. The summed E-state index contributed by atoms with van der Waals surface area (Å²) in [5.74, 6) is 0.0366. The quantitative estimate of drug-likeness (QED) is 0.626. The molecular weight excluding hydrogens is 436 g/mol. The van der Waals surface area contributed by atoms with E-state index in [9.17, 15) is 9.59 Å². The topological polar surface area (TPSA) is 76.7 Å². The molecular formula is C22H23BrN2O4. The molecule has 2 aromatic rings. The highest BCUT2D eigenvalue weighted by Crippen LogP contribution is 2.35. The van der Waals surface area contributed by atoms with Crippen molar-refractivity contribution in [2.45, 2.75) is 26.5 Å². The molecule has 2 N–H and O–H groups in total. The third-order valence-electron chi connectivity index (χ3n) is 4.62. The number of hydrogen-bond donors (Lipinski definition) is 2. The van der Waals surface area contributed by atoms with Gasteiger partial charge in [-0.2, -0.15) is 0 Å². The Hall–Kier alpha value is -2.80. The van der Waals surface area contributed by atoms with Crippen molar-refractivity contribution in [2.24, 2.45) is 5.92 Å². The molecule has 6 nitrogen and oxygen atoms in total. The lowest BCUT2D eigenvalue weighted by Gasteiger charge is -2.31. The van der Waals surface area contributed by atoms with Crippen molar-refractivity contribution < 1.29 is 19.1 Å². The van der Waals surface area contributed by atoms with Crippen LogP contribution in [0.1, 0.15) is 31.0 Å². The van der Waals surface area contributed by atoms with Gasteiger partial charge in [-0.05, 0) is 29.7 Å². The first-order chi connectivity index (χ1) is 13.9. The van der Waals surface area contributed by atoms with Crippen molar-refractivity contribution >= 4 is 27.9 Å². The number of amides is 2. The Morgan fingerprint density at radius 3 is 2.48 bits per heavy atom. The third-order valence-corrected chi connectivity index (χ3v) is 5.15. The summed E-state index contributed by atoms with van der Waals surface area (Å²) >= 11 is 3.42. The normalized spacial score (nSPS) is 16.3. The van der Waals surface area contributed by atoms with E-state index in [4.69, 9.17) is 9.47 Å². The maximum absolute atomic E-state index is 12.6. The molecule has 1 atom stereocenters. The number of benzene rings is 2. The zero-order valence-corrected chi connectivity index (χ0v) is 18.1. The second kappa shape index (κ2) is 9.13. The van der Waals surface area contributed by atoms with Crippen LogP contribution >= 0.6 is 15.9 Å². The first-order valence-electron chi connectivity index (χ1n) is 9.26. The van der Waals surface area contributed by atoms with Gasteiger partial charge in [0.25, 0.3) is 0 Å². The molecule has 0 fully saturated rings. The fraction of sp³-hybridized carbons (Fsp3) is 0.273. The average molecular weight is 459 g/mol. The van der Waals surface area contributed by atoms with E-state index in [1.54, 1.807) is 0 Å². The summed E-state index contributed by atoms with van der Waals surface area (Å²) in [6, 6.07) is 14.2. The van der Waals surface area contributed by atoms with Crippen molar-refractivity contribution in [1.29, 1.82) is 0 Å². The Labute approximate surface area is 178 Å². The lowest BCUT2D eigenvalue weighted by atomic mass is 9.91. The van der Waals surface area contributed by atoms with Gasteiger partial charge in [0.05, 0.1) is 18.7 Å². The third kappa shape index (κ3) is 4.79. The van der Waals surface area contributed by atoms with Crippen molar-refractivity contribution in [3.05, 3.63) is 75.4 Å². The van der Waals surface area contributed by atoms with Crippen LogP contribution in [0.25, 0.3) is 0 Å². The first kappa shape index (κ1) is 20.9. The molecule has 0 saturated carbocycles. The van der Waals surface area contributed by atoms with E-state index in [2.05, 4.69) is 26.6 Å². The highest BCUT2D eigenvalue weighted by molar-refractivity contribution is 9.10. The molecule has 1 aliphatic heterocycles. The number of carbonyl (C=O) groups is 2. The molecule has 7 heteroatoms. The summed E-state index contributed by atoms with van der Waals surface area (Å²) in [7, 11) is 1.33. The highest BCUT2D eigenvalue weighted by atomic mass is 79.9. The maximum Gasteiger partial charge on any atom is 0.337 e. The van der Waals surface area contributed by atoms with Crippen LogP contribution in [0.15, 0.2) is 64.3 Å². The van der Waals surface area contributed by atoms with E-state index >= 15 is 0 Å². The van der Waals surface area contributed by atoms with Crippen LogP contribution in [0.3, 0.4) is 0 Å². The Morgan fingerprint density at radius 2 is 1.83 bits per heavy atom. The number of hydrogen-bond acceptors (Lipinski definition) is 4. The van der Waals surface area contributed by atoms with Crippen molar-refractivity contribution in [1.82, 2.24) is 10.6 Å². The Kier molecular flexibility index (Phi) is 6.59. The van der Waals surface area contributed by atoms with E-state index in [1.807, 2.05) is 62.4 Å². The summed E-state index contributed by atoms with van der Waals surface area (Å²) in [6.07, 6.45) is 0. The number of allylic oxidation sites excluding steroid dienone is 1. The fourth-order valence-corrected chi connectivity index (χ4v) is 3.47. The van der Waals surface area contributed by atoms with Crippen LogP contribution in [0.2, 0.25) is 0 Å². The lowest BCUT2D eigenvalue weighted by Crippen LogP contribution is -2.47. The van der Waals surface area contributed by atoms with Crippen LogP contribution in [-0.4, -0.2) is 19.1 Å². The van der Waals surface area contributed by atoms with Gasteiger partial charge in [0, 0.05) is 15.7 Å². The molecule has 2 aromatic carbocycles. The van der Waals surface area contributed by atoms with Gasteiger partial charge in [0.2, 0.25) is 0 Å². The molecule has 0 saturated heterocycles. The molecule has 1 aliphatic rings. The second-order valence-electron chi connectivity index (χ2n) is 6.96. The number of ether oxygens (including phenoxy) is 2. The number of methoxy groups -OCH3 is 1. The molecule has 2 amide bonds. The van der Waals surface area contributed by atoms with Gasteiger partial charge in [-0.15, -0.1) is 0 Å². The van der Waals surface area contributed by atoms with E-state index in [-0.39, 0.29) is 11.9 Å². The standard InChI is InChI=1S/C22H23BrN2O4/c1-13(2)19-18(21(26)28-3)20(25-22(27)24-19)16-6-4-5-7-17(16)29-12-14-8-10-15(23)11-9-14/h4-11,13,20H,12H2,1-3H3,(H2,24,25,27). The summed E-state index contributed by atoms with van der Waals surface area (Å²) < 4.78 is 12.0. The second-order valence-corrected chi connectivity index (χ2v) is 7.87. The lowest BCUT2D eigenvalue weighted by molar-refractivity contribution is -0.136. The molecule has 0 bridgehead atoms. The Balaban J connectivity index is 1.97. The number of halogens is 1. The summed E-state index contributed by atoms with van der Waals surface area (Å²) in [5.41, 5.74) is 2.62. The molecule has 1 unspecified atom stereocenters. The van der Waals surface area contributed by atoms with Crippen LogP contribution in [0.4, 0.5) is 4.79 Å². The number of esters is 1. The minimum absolute atomic E-state index is 0.0616. The molecule has 3 rings (SSSR count). The number of urea groups is 1. The van der Waals surface area contributed by atoms with Gasteiger partial charge >= 0.3 is 12.0 Å². The predicted molar refractivity (Wildman–Crippen MR) is 113 cm³/mol. The van der Waals surface area contributed by atoms with E-state index in [0.29, 0.717) is 29.2 Å². The van der Waals surface area contributed by atoms with Gasteiger partial charge in [-0.25, -0.2) is 9.59 Å². The first-order valence-corrected chi connectivity index (χ1v) is 10.1. The largest absolute Gasteiger partial charge is 0.489 e. The van der Waals surface area contributed by atoms with E-state index < -0.39 is 12.0 Å². The predicted octanol–water partition coefficient (Wildman–Crippen LogP) is 4.47. The summed E-state index contributed by atoms with van der Waals surface area (Å²) in [6.45, 7) is 4.19. The van der Waals surface area contributed by atoms with Crippen LogP contribution in [-0.2, 0) is 16.1 Å². The van der Waals surface area contributed by atoms with Gasteiger partial charge in [-0.1, -0.05) is 60.1 Å². The van der Waals surface area contributed by atoms with Crippen LogP contribution in [0, 0.1) is 5.92 Å². The average Bonchev–Trinajstić information content (AvgIpc) is 2.72. The van der Waals surface area contributed by atoms with E-state index in [1.165, 1.54) is 7.11 Å². The summed E-state index contributed by atoms with van der Waals surface area (Å²) in [5, 5.41) is 5.58. The van der Waals surface area contributed by atoms with Crippen LogP contribution in [0.5, 0.6) is 5.75 Å². The molecule has 1 heterocycles. The van der Waals surface area contributed by atoms with Gasteiger partial charge in [0.15, 0.2) is 0 Å². The highest BCUT2D eigenvalue weighted by Gasteiger charge is 2.35. The van der Waals surface area contributed by atoms with Crippen molar-refractivity contribution in [2.75, 3.05) is 7.11 Å². The number of rotatable bonds is 6. The number of para-hydroxylation sites is 1. The molecule has 0 aliphatic carbocycles. The number of nitrogens with one attached hydrogen (secondary N) is 2. The van der Waals surface area contributed by atoms with Gasteiger partial charge in [-0.3, -0.25) is 0 Å². The number of carbonyl (C=O) groups excluding carboxylic acids is 2. The van der Waals surface area contributed by atoms with Gasteiger partial charge in [0.1, 0.15) is 12.4 Å².